The van der Waals surface area contributed by atoms with Crippen LogP contribution < -0.4 is 4.74 Å². The summed E-state index contributed by atoms with van der Waals surface area (Å²) in [5.74, 6) is 1.28. The first-order chi connectivity index (χ1) is 10.7. The summed E-state index contributed by atoms with van der Waals surface area (Å²) in [4.78, 5) is 2.42. The van der Waals surface area contributed by atoms with Crippen molar-refractivity contribution in [1.29, 1.82) is 5.26 Å². The van der Waals surface area contributed by atoms with Gasteiger partial charge in [-0.1, -0.05) is 6.07 Å². The summed E-state index contributed by atoms with van der Waals surface area (Å²) in [5, 5.41) is 18.0. The van der Waals surface area contributed by atoms with E-state index in [-0.39, 0.29) is 0 Å². The Kier molecular flexibility index (Phi) is 6.70. The third-order valence-corrected chi connectivity index (χ3v) is 4.58. The number of aliphatic hydroxyl groups excluding tert-OH is 1. The fourth-order valence-electron chi connectivity index (χ4n) is 3.11. The van der Waals surface area contributed by atoms with E-state index in [2.05, 4.69) is 18.0 Å². The molecule has 120 valence electrons. The van der Waals surface area contributed by atoms with E-state index in [1.807, 2.05) is 12.1 Å². The summed E-state index contributed by atoms with van der Waals surface area (Å²) in [5.41, 5.74) is 0.635. The molecule has 0 amide bonds. The van der Waals surface area contributed by atoms with Crippen molar-refractivity contribution in [3.63, 3.8) is 0 Å². The molecule has 0 aliphatic heterocycles. The van der Waals surface area contributed by atoms with Gasteiger partial charge in [0.2, 0.25) is 0 Å². The average Bonchev–Trinajstić information content (AvgIpc) is 2.58. The van der Waals surface area contributed by atoms with E-state index in [0.717, 1.165) is 31.6 Å². The van der Waals surface area contributed by atoms with Crippen molar-refractivity contribution in [3.8, 4) is 11.8 Å². The van der Waals surface area contributed by atoms with Crippen LogP contribution in [0.15, 0.2) is 24.3 Å². The highest BCUT2D eigenvalue weighted by Crippen LogP contribution is 2.26. The number of ether oxygens (including phenoxy) is 1. The quantitative estimate of drug-likeness (QED) is 0.787. The summed E-state index contributed by atoms with van der Waals surface area (Å²) < 4.78 is 5.71. The number of nitriles is 1. The number of benzene rings is 1. The van der Waals surface area contributed by atoms with Crippen LogP contribution in [-0.4, -0.2) is 42.9 Å². The molecule has 0 bridgehead atoms. The van der Waals surface area contributed by atoms with Gasteiger partial charge in [0.15, 0.2) is 0 Å². The zero-order valence-electron chi connectivity index (χ0n) is 13.4. The number of hydrogen-bond donors (Lipinski definition) is 1. The van der Waals surface area contributed by atoms with Crippen LogP contribution in [0, 0.1) is 17.2 Å². The third-order valence-electron chi connectivity index (χ3n) is 4.58. The van der Waals surface area contributed by atoms with Crippen LogP contribution in [0.3, 0.4) is 0 Å². The molecule has 4 heteroatoms. The first kappa shape index (κ1) is 16.8. The molecule has 1 saturated carbocycles. The molecule has 22 heavy (non-hydrogen) atoms. The Labute approximate surface area is 133 Å². The average molecular weight is 302 g/mol. The minimum Gasteiger partial charge on any atom is -0.494 e. The highest BCUT2D eigenvalue weighted by Gasteiger charge is 2.23. The van der Waals surface area contributed by atoms with Crippen molar-refractivity contribution >= 4 is 0 Å². The Balaban J connectivity index is 1.65. The van der Waals surface area contributed by atoms with E-state index < -0.39 is 0 Å². The molecule has 1 fully saturated rings. The lowest BCUT2D eigenvalue weighted by Crippen LogP contribution is -2.36. The van der Waals surface area contributed by atoms with Gasteiger partial charge < -0.3 is 14.7 Å². The molecule has 0 unspecified atom stereocenters. The van der Waals surface area contributed by atoms with Crippen molar-refractivity contribution in [3.05, 3.63) is 29.8 Å². The van der Waals surface area contributed by atoms with E-state index in [4.69, 9.17) is 10.00 Å². The van der Waals surface area contributed by atoms with Crippen molar-refractivity contribution in [2.75, 3.05) is 26.8 Å². The van der Waals surface area contributed by atoms with Crippen LogP contribution in [-0.2, 0) is 0 Å². The van der Waals surface area contributed by atoms with Gasteiger partial charge in [-0.05, 0) is 63.3 Å². The summed E-state index contributed by atoms with van der Waals surface area (Å²) in [7, 11) is 2.18. The van der Waals surface area contributed by atoms with Crippen LogP contribution in [0.5, 0.6) is 5.75 Å². The molecule has 0 radical (unpaired) electrons. The molecule has 0 atom stereocenters. The molecular weight excluding hydrogens is 276 g/mol. The molecule has 1 aliphatic carbocycles. The highest BCUT2D eigenvalue weighted by molar-refractivity contribution is 5.36. The van der Waals surface area contributed by atoms with Gasteiger partial charge in [0.05, 0.1) is 18.2 Å². The number of nitrogens with zero attached hydrogens (tertiary/aromatic N) is 2. The lowest BCUT2D eigenvalue weighted by Gasteiger charge is -2.34. The third kappa shape index (κ3) is 5.01. The summed E-state index contributed by atoms with van der Waals surface area (Å²) in [6, 6.07) is 10.1. The fraction of sp³-hybridized carbons (Fsp3) is 0.611. The monoisotopic (exact) mass is 302 g/mol. The smallest absolute Gasteiger partial charge is 0.120 e. The van der Waals surface area contributed by atoms with Crippen LogP contribution in [0.25, 0.3) is 0 Å². The van der Waals surface area contributed by atoms with Gasteiger partial charge in [-0.2, -0.15) is 5.26 Å². The standard InChI is InChI=1S/C18H26N2O2/c1-20(17-8-6-15(14-21)7-9-17)10-3-11-22-18-5-2-4-16(12-18)13-19/h2,4-5,12,15,17,21H,3,6-11,14H2,1H3. The molecule has 2 rings (SSSR count). The van der Waals surface area contributed by atoms with Crippen LogP contribution in [0.4, 0.5) is 0 Å². The van der Waals surface area contributed by atoms with Crippen LogP contribution in [0.1, 0.15) is 37.7 Å². The van der Waals surface area contributed by atoms with Crippen molar-refractivity contribution < 1.29 is 9.84 Å². The zero-order valence-corrected chi connectivity index (χ0v) is 13.4. The Morgan fingerprint density at radius 2 is 2.09 bits per heavy atom. The Bertz CT molecular complexity index is 490. The number of rotatable bonds is 7. The zero-order chi connectivity index (χ0) is 15.8. The van der Waals surface area contributed by atoms with E-state index >= 15 is 0 Å². The molecule has 0 spiro atoms. The van der Waals surface area contributed by atoms with Gasteiger partial charge in [0, 0.05) is 19.2 Å². The molecule has 0 aromatic heterocycles. The molecule has 0 saturated heterocycles. The predicted octanol–water partition coefficient (Wildman–Crippen LogP) is 2.81. The van der Waals surface area contributed by atoms with Gasteiger partial charge in [0.1, 0.15) is 5.75 Å². The predicted molar refractivity (Wildman–Crippen MR) is 86.7 cm³/mol. The molecular formula is C18H26N2O2. The SMILES string of the molecule is CN(CCCOc1cccc(C#N)c1)C1CCC(CO)CC1. The van der Waals surface area contributed by atoms with Crippen molar-refractivity contribution in [2.24, 2.45) is 5.92 Å². The van der Waals surface area contributed by atoms with Gasteiger partial charge in [0.25, 0.3) is 0 Å². The van der Waals surface area contributed by atoms with Gasteiger partial charge in [-0.25, -0.2) is 0 Å². The van der Waals surface area contributed by atoms with E-state index in [1.165, 1.54) is 12.8 Å². The molecule has 0 heterocycles. The van der Waals surface area contributed by atoms with Crippen molar-refractivity contribution in [2.45, 2.75) is 38.1 Å². The Hall–Kier alpha value is -1.57. The second-order valence-corrected chi connectivity index (χ2v) is 6.18. The maximum atomic E-state index is 9.18. The summed E-state index contributed by atoms with van der Waals surface area (Å²) in [6.07, 6.45) is 5.64. The maximum absolute atomic E-state index is 9.18. The normalized spacial score (nSPS) is 21.5. The second kappa shape index (κ2) is 8.77. The lowest BCUT2D eigenvalue weighted by atomic mass is 9.86. The van der Waals surface area contributed by atoms with Gasteiger partial charge in [-0.3, -0.25) is 0 Å². The Morgan fingerprint density at radius 1 is 1.32 bits per heavy atom. The Morgan fingerprint density at radius 3 is 2.77 bits per heavy atom. The second-order valence-electron chi connectivity index (χ2n) is 6.18. The molecule has 1 aromatic carbocycles. The minimum atomic E-state index is 0.339. The first-order valence-corrected chi connectivity index (χ1v) is 8.17. The van der Waals surface area contributed by atoms with E-state index in [0.29, 0.717) is 30.7 Å². The minimum absolute atomic E-state index is 0.339. The van der Waals surface area contributed by atoms with Gasteiger partial charge in [-0.15, -0.1) is 0 Å². The van der Waals surface area contributed by atoms with Gasteiger partial charge >= 0.3 is 0 Å². The number of hydrogen-bond acceptors (Lipinski definition) is 4. The van der Waals surface area contributed by atoms with Crippen LogP contribution >= 0.6 is 0 Å². The van der Waals surface area contributed by atoms with Crippen molar-refractivity contribution in [1.82, 2.24) is 4.90 Å². The first-order valence-electron chi connectivity index (χ1n) is 8.17. The molecule has 4 nitrogen and oxygen atoms in total. The maximum Gasteiger partial charge on any atom is 0.120 e. The largest absolute Gasteiger partial charge is 0.494 e. The summed E-state index contributed by atoms with van der Waals surface area (Å²) in [6.45, 7) is 2.03. The number of aliphatic hydroxyl groups is 1. The summed E-state index contributed by atoms with van der Waals surface area (Å²) >= 11 is 0. The van der Waals surface area contributed by atoms with E-state index in [1.54, 1.807) is 12.1 Å². The topological polar surface area (TPSA) is 56.5 Å². The fourth-order valence-corrected chi connectivity index (χ4v) is 3.11. The molecule has 1 aromatic rings. The highest BCUT2D eigenvalue weighted by atomic mass is 16.5. The lowest BCUT2D eigenvalue weighted by molar-refractivity contribution is 0.123. The molecule has 1 aliphatic rings. The molecule has 1 N–H and O–H groups in total. The van der Waals surface area contributed by atoms with Crippen LogP contribution in [0.2, 0.25) is 0 Å². The van der Waals surface area contributed by atoms with E-state index in [9.17, 15) is 5.11 Å².